The zero-order chi connectivity index (χ0) is 18.0. The van der Waals surface area contributed by atoms with Crippen LogP contribution in [0.3, 0.4) is 0 Å². The number of hydrogen-bond donors (Lipinski definition) is 1. The van der Waals surface area contributed by atoms with Crippen LogP contribution in [0, 0.1) is 0 Å². The van der Waals surface area contributed by atoms with Gasteiger partial charge in [0.1, 0.15) is 5.75 Å². The van der Waals surface area contributed by atoms with E-state index < -0.39 is 0 Å². The molecule has 25 heavy (non-hydrogen) atoms. The van der Waals surface area contributed by atoms with Crippen molar-refractivity contribution in [1.29, 1.82) is 0 Å². The van der Waals surface area contributed by atoms with E-state index in [1.165, 1.54) is 0 Å². The number of nitrogens with one attached hydrogen (secondary N) is 1. The number of benzene rings is 2. The molecule has 3 rings (SSSR count). The fourth-order valence-electron chi connectivity index (χ4n) is 3.09. The molecule has 0 aromatic heterocycles. The first-order valence-corrected chi connectivity index (χ1v) is 9.54. The quantitative estimate of drug-likeness (QED) is 0.726. The first-order chi connectivity index (χ1) is 11.9. The standard InChI is InChI=1S/C21H24BrNO2/c1-14(2)25-19-6-4-5-16(13-19)15(3)23-20(24)21(11-12-21)17-7-9-18(22)10-8-17/h4-10,13-15H,11-12H2,1-3H3,(H,23,24). The van der Waals surface area contributed by atoms with Crippen LogP contribution in [0.15, 0.2) is 53.0 Å². The number of halogens is 1. The summed E-state index contributed by atoms with van der Waals surface area (Å²) in [6.45, 7) is 6.03. The van der Waals surface area contributed by atoms with E-state index in [0.29, 0.717) is 0 Å². The fraction of sp³-hybridized carbons (Fsp3) is 0.381. The van der Waals surface area contributed by atoms with Crippen molar-refractivity contribution >= 4 is 21.8 Å². The normalized spacial score (nSPS) is 16.4. The lowest BCUT2D eigenvalue weighted by Gasteiger charge is -2.21. The third kappa shape index (κ3) is 4.06. The van der Waals surface area contributed by atoms with Crippen LogP contribution in [0.4, 0.5) is 0 Å². The topological polar surface area (TPSA) is 38.3 Å². The van der Waals surface area contributed by atoms with Gasteiger partial charge in [-0.05, 0) is 69.0 Å². The molecule has 3 nitrogen and oxygen atoms in total. The van der Waals surface area contributed by atoms with Crippen LogP contribution in [0.2, 0.25) is 0 Å². The molecule has 132 valence electrons. The summed E-state index contributed by atoms with van der Waals surface area (Å²) in [7, 11) is 0. The Hall–Kier alpha value is -1.81. The Morgan fingerprint density at radius 3 is 2.40 bits per heavy atom. The van der Waals surface area contributed by atoms with Crippen LogP contribution in [0.25, 0.3) is 0 Å². The highest BCUT2D eigenvalue weighted by Gasteiger charge is 2.51. The molecule has 1 aliphatic carbocycles. The van der Waals surface area contributed by atoms with Gasteiger partial charge in [-0.2, -0.15) is 0 Å². The van der Waals surface area contributed by atoms with Gasteiger partial charge in [-0.15, -0.1) is 0 Å². The van der Waals surface area contributed by atoms with E-state index in [1.807, 2.05) is 69.3 Å². The molecule has 1 unspecified atom stereocenters. The van der Waals surface area contributed by atoms with Crippen molar-refractivity contribution in [2.24, 2.45) is 0 Å². The van der Waals surface area contributed by atoms with E-state index in [4.69, 9.17) is 4.74 Å². The fourth-order valence-corrected chi connectivity index (χ4v) is 3.35. The molecule has 1 amide bonds. The van der Waals surface area contributed by atoms with Crippen LogP contribution in [0.1, 0.15) is 50.8 Å². The number of carbonyl (C=O) groups is 1. The van der Waals surface area contributed by atoms with Gasteiger partial charge in [0.15, 0.2) is 0 Å². The lowest BCUT2D eigenvalue weighted by atomic mass is 9.94. The SMILES string of the molecule is CC(C)Oc1cccc(C(C)NC(=O)C2(c3ccc(Br)cc3)CC2)c1. The summed E-state index contributed by atoms with van der Waals surface area (Å²) in [6, 6.07) is 16.0. The third-order valence-corrected chi connectivity index (χ3v) is 5.19. The molecule has 0 radical (unpaired) electrons. The van der Waals surface area contributed by atoms with E-state index in [1.54, 1.807) is 0 Å². The molecule has 0 heterocycles. The number of hydrogen-bond acceptors (Lipinski definition) is 2. The monoisotopic (exact) mass is 401 g/mol. The van der Waals surface area contributed by atoms with Crippen molar-refractivity contribution in [3.05, 3.63) is 64.1 Å². The molecule has 0 saturated heterocycles. The van der Waals surface area contributed by atoms with Crippen molar-refractivity contribution in [2.75, 3.05) is 0 Å². The molecular formula is C21H24BrNO2. The minimum atomic E-state index is -0.360. The maximum Gasteiger partial charge on any atom is 0.231 e. The molecule has 1 atom stereocenters. The van der Waals surface area contributed by atoms with E-state index >= 15 is 0 Å². The van der Waals surface area contributed by atoms with Crippen LogP contribution in [0.5, 0.6) is 5.75 Å². The Kier molecular flexibility index (Phi) is 5.19. The Bertz CT molecular complexity index is 751. The smallest absolute Gasteiger partial charge is 0.231 e. The minimum Gasteiger partial charge on any atom is -0.491 e. The van der Waals surface area contributed by atoms with Gasteiger partial charge in [-0.25, -0.2) is 0 Å². The lowest BCUT2D eigenvalue weighted by Crippen LogP contribution is -2.36. The Balaban J connectivity index is 1.71. The summed E-state index contributed by atoms with van der Waals surface area (Å²) in [5, 5.41) is 3.19. The molecule has 4 heteroatoms. The maximum absolute atomic E-state index is 12.9. The second kappa shape index (κ2) is 7.20. The molecule has 1 saturated carbocycles. The average molecular weight is 402 g/mol. The zero-order valence-corrected chi connectivity index (χ0v) is 16.5. The highest BCUT2D eigenvalue weighted by Crippen LogP contribution is 2.49. The highest BCUT2D eigenvalue weighted by atomic mass is 79.9. The summed E-state index contributed by atoms with van der Waals surface area (Å²) in [5.74, 6) is 0.945. The molecule has 1 N–H and O–H groups in total. The van der Waals surface area contributed by atoms with Crippen molar-refractivity contribution in [3.8, 4) is 5.75 Å². The molecule has 0 aliphatic heterocycles. The highest BCUT2D eigenvalue weighted by molar-refractivity contribution is 9.10. The zero-order valence-electron chi connectivity index (χ0n) is 14.9. The second-order valence-electron chi connectivity index (χ2n) is 7.02. The Morgan fingerprint density at radius 2 is 1.80 bits per heavy atom. The first-order valence-electron chi connectivity index (χ1n) is 8.74. The van der Waals surface area contributed by atoms with Crippen molar-refractivity contribution in [1.82, 2.24) is 5.32 Å². The van der Waals surface area contributed by atoms with Gasteiger partial charge in [-0.1, -0.05) is 40.2 Å². The van der Waals surface area contributed by atoms with Gasteiger partial charge in [-0.3, -0.25) is 4.79 Å². The molecule has 0 bridgehead atoms. The predicted octanol–water partition coefficient (Wildman–Crippen LogP) is 5.15. The molecule has 2 aromatic carbocycles. The van der Waals surface area contributed by atoms with Crippen LogP contribution < -0.4 is 10.1 Å². The second-order valence-corrected chi connectivity index (χ2v) is 7.94. The number of carbonyl (C=O) groups excluding carboxylic acids is 1. The van der Waals surface area contributed by atoms with Gasteiger partial charge in [0.2, 0.25) is 5.91 Å². The Morgan fingerprint density at radius 1 is 1.12 bits per heavy atom. The summed E-state index contributed by atoms with van der Waals surface area (Å²) < 4.78 is 6.78. The van der Waals surface area contributed by atoms with Gasteiger partial charge in [0.25, 0.3) is 0 Å². The lowest BCUT2D eigenvalue weighted by molar-refractivity contribution is -0.124. The molecule has 0 spiro atoms. The van der Waals surface area contributed by atoms with E-state index in [-0.39, 0.29) is 23.5 Å². The van der Waals surface area contributed by atoms with Crippen LogP contribution in [-0.4, -0.2) is 12.0 Å². The van der Waals surface area contributed by atoms with Crippen molar-refractivity contribution in [2.45, 2.75) is 51.2 Å². The summed E-state index contributed by atoms with van der Waals surface area (Å²) >= 11 is 3.45. The van der Waals surface area contributed by atoms with Crippen LogP contribution >= 0.6 is 15.9 Å². The van der Waals surface area contributed by atoms with Crippen molar-refractivity contribution < 1.29 is 9.53 Å². The van der Waals surface area contributed by atoms with E-state index in [9.17, 15) is 4.79 Å². The number of amides is 1. The minimum absolute atomic E-state index is 0.0591. The Labute approximate surface area is 157 Å². The summed E-state index contributed by atoms with van der Waals surface area (Å²) in [5.41, 5.74) is 1.79. The number of rotatable bonds is 6. The maximum atomic E-state index is 12.9. The van der Waals surface area contributed by atoms with E-state index in [2.05, 4.69) is 21.2 Å². The van der Waals surface area contributed by atoms with E-state index in [0.717, 1.165) is 34.2 Å². The molecule has 1 fully saturated rings. The number of ether oxygens (including phenoxy) is 1. The van der Waals surface area contributed by atoms with Crippen molar-refractivity contribution in [3.63, 3.8) is 0 Å². The largest absolute Gasteiger partial charge is 0.491 e. The van der Waals surface area contributed by atoms with Gasteiger partial charge < -0.3 is 10.1 Å². The van der Waals surface area contributed by atoms with Crippen LogP contribution in [-0.2, 0) is 10.2 Å². The molecule has 1 aliphatic rings. The summed E-state index contributed by atoms with van der Waals surface area (Å²) in [4.78, 5) is 12.9. The van der Waals surface area contributed by atoms with Gasteiger partial charge in [0.05, 0.1) is 17.6 Å². The average Bonchev–Trinajstić information content (AvgIpc) is 3.37. The third-order valence-electron chi connectivity index (χ3n) is 4.66. The molecule has 2 aromatic rings. The summed E-state index contributed by atoms with van der Waals surface area (Å²) in [6.07, 6.45) is 1.94. The molecular weight excluding hydrogens is 378 g/mol. The first kappa shape index (κ1) is 18.0. The van der Waals surface area contributed by atoms with Gasteiger partial charge >= 0.3 is 0 Å². The van der Waals surface area contributed by atoms with Gasteiger partial charge in [0, 0.05) is 4.47 Å². The predicted molar refractivity (Wildman–Crippen MR) is 104 cm³/mol.